The average molecular weight is 283 g/mol. The first-order valence-electron chi connectivity index (χ1n) is 4.93. The molecule has 0 aliphatic heterocycles. The van der Waals surface area contributed by atoms with Crippen LogP contribution < -0.4 is 0 Å². The van der Waals surface area contributed by atoms with Gasteiger partial charge in [0.2, 0.25) is 0 Å². The predicted octanol–water partition coefficient (Wildman–Crippen LogP) is 4.18. The molecule has 0 unspecified atom stereocenters. The van der Waals surface area contributed by atoms with Crippen LogP contribution in [0.4, 0.5) is 0 Å². The normalized spacial score (nSPS) is 16.3. The molecule has 1 aromatic rings. The summed E-state index contributed by atoms with van der Waals surface area (Å²) in [6.07, 6.45) is 4.77. The lowest BCUT2D eigenvalue weighted by Crippen LogP contribution is -2.03. The third-order valence-corrected chi connectivity index (χ3v) is 4.41. The predicted molar refractivity (Wildman–Crippen MR) is 66.9 cm³/mol. The summed E-state index contributed by atoms with van der Waals surface area (Å²) in [4.78, 5) is 13.6. The molecule has 0 saturated heterocycles. The van der Waals surface area contributed by atoms with Crippen LogP contribution in [0.25, 0.3) is 0 Å². The van der Waals surface area contributed by atoms with E-state index in [2.05, 4.69) is 22.0 Å². The smallest absolute Gasteiger partial charge is 0.169 e. The van der Waals surface area contributed by atoms with Gasteiger partial charge in [0.1, 0.15) is 0 Å². The Morgan fingerprint density at radius 1 is 1.27 bits per heavy atom. The first-order chi connectivity index (χ1) is 7.27. The number of ketones is 1. The highest BCUT2D eigenvalue weighted by molar-refractivity contribution is 9.10. The number of allylic oxidation sites excluding steroid dienone is 2. The number of hydrogen-bond acceptors (Lipinski definition) is 2. The van der Waals surface area contributed by atoms with E-state index in [9.17, 15) is 4.79 Å². The maximum absolute atomic E-state index is 11.6. The van der Waals surface area contributed by atoms with Gasteiger partial charge in [-0.1, -0.05) is 30.0 Å². The van der Waals surface area contributed by atoms with Gasteiger partial charge >= 0.3 is 0 Å². The Bertz CT molecular complexity index is 412. The number of Topliss-reactive ketones (excluding diaryl/α,β-unsaturated/α-hetero) is 1. The van der Waals surface area contributed by atoms with Crippen LogP contribution in [0.3, 0.4) is 0 Å². The molecule has 1 aromatic carbocycles. The van der Waals surface area contributed by atoms with Gasteiger partial charge in [0.05, 0.1) is 4.91 Å². The summed E-state index contributed by atoms with van der Waals surface area (Å²) in [5, 5.41) is 0. The minimum atomic E-state index is 0.280. The van der Waals surface area contributed by atoms with Crippen LogP contribution in [-0.2, 0) is 4.79 Å². The Hall–Kier alpha value is -0.540. The van der Waals surface area contributed by atoms with E-state index in [1.807, 2.05) is 24.3 Å². The van der Waals surface area contributed by atoms with Crippen LogP contribution in [0.15, 0.2) is 44.6 Å². The monoisotopic (exact) mass is 282 g/mol. The lowest BCUT2D eigenvalue weighted by atomic mass is 10.1. The molecular weight excluding hydrogens is 272 g/mol. The highest BCUT2D eigenvalue weighted by atomic mass is 79.9. The van der Waals surface area contributed by atoms with Gasteiger partial charge in [0, 0.05) is 15.8 Å². The van der Waals surface area contributed by atoms with E-state index < -0.39 is 0 Å². The number of benzene rings is 1. The first kappa shape index (κ1) is 11.0. The van der Waals surface area contributed by atoms with Crippen molar-refractivity contribution >= 4 is 33.5 Å². The molecule has 0 atom stereocenters. The fraction of sp³-hybridized carbons (Fsp3) is 0.250. The molecular formula is C12H11BrOS. The minimum absolute atomic E-state index is 0.280. The van der Waals surface area contributed by atoms with Crippen molar-refractivity contribution in [2.24, 2.45) is 0 Å². The second-order valence-corrected chi connectivity index (χ2v) is 5.35. The van der Waals surface area contributed by atoms with E-state index in [1.54, 1.807) is 11.8 Å². The van der Waals surface area contributed by atoms with Gasteiger partial charge in [-0.15, -0.1) is 0 Å². The molecule has 0 fully saturated rings. The van der Waals surface area contributed by atoms with E-state index in [1.165, 1.54) is 0 Å². The van der Waals surface area contributed by atoms with Crippen LogP contribution in [0.5, 0.6) is 0 Å². The van der Waals surface area contributed by atoms with Crippen molar-refractivity contribution in [3.63, 3.8) is 0 Å². The van der Waals surface area contributed by atoms with Gasteiger partial charge in [0.15, 0.2) is 5.78 Å². The zero-order valence-electron chi connectivity index (χ0n) is 8.20. The molecule has 0 heterocycles. The minimum Gasteiger partial charge on any atom is -0.294 e. The molecule has 0 amide bonds. The van der Waals surface area contributed by atoms with Gasteiger partial charge in [0.25, 0.3) is 0 Å². The maximum Gasteiger partial charge on any atom is 0.169 e. The van der Waals surface area contributed by atoms with Gasteiger partial charge in [-0.3, -0.25) is 4.79 Å². The Balaban J connectivity index is 2.18. The highest BCUT2D eigenvalue weighted by Crippen LogP contribution is 2.35. The molecule has 0 saturated carbocycles. The second kappa shape index (κ2) is 4.99. The second-order valence-electron chi connectivity index (χ2n) is 3.42. The van der Waals surface area contributed by atoms with Crippen LogP contribution in [-0.4, -0.2) is 5.78 Å². The van der Waals surface area contributed by atoms with Crippen molar-refractivity contribution < 1.29 is 4.79 Å². The summed E-state index contributed by atoms with van der Waals surface area (Å²) in [6, 6.07) is 7.99. The van der Waals surface area contributed by atoms with Crippen LogP contribution in [0, 0.1) is 0 Å². The summed E-state index contributed by atoms with van der Waals surface area (Å²) in [7, 11) is 0. The number of carbonyl (C=O) groups is 1. The maximum atomic E-state index is 11.6. The van der Waals surface area contributed by atoms with Gasteiger partial charge in [-0.2, -0.15) is 0 Å². The number of carbonyl (C=O) groups excluding carboxylic acids is 1. The van der Waals surface area contributed by atoms with E-state index >= 15 is 0 Å². The van der Waals surface area contributed by atoms with Crippen molar-refractivity contribution in [3.05, 3.63) is 39.7 Å². The molecule has 1 aliphatic carbocycles. The van der Waals surface area contributed by atoms with Gasteiger partial charge < -0.3 is 0 Å². The topological polar surface area (TPSA) is 17.1 Å². The van der Waals surface area contributed by atoms with Crippen LogP contribution in [0.1, 0.15) is 19.3 Å². The van der Waals surface area contributed by atoms with Gasteiger partial charge in [-0.25, -0.2) is 0 Å². The third-order valence-electron chi connectivity index (χ3n) is 2.27. The Labute approximate surface area is 102 Å². The van der Waals surface area contributed by atoms with Crippen LogP contribution in [0.2, 0.25) is 0 Å². The molecule has 1 aliphatic rings. The van der Waals surface area contributed by atoms with E-state index in [4.69, 9.17) is 0 Å². The standard InChI is InChI=1S/C12H11BrOS/c13-9-5-1-3-7-11(9)15-12-8-4-2-6-10(12)14/h1,3,5,7-8H,2,4,6H2. The molecule has 78 valence electrons. The summed E-state index contributed by atoms with van der Waals surface area (Å²) in [6.45, 7) is 0. The summed E-state index contributed by atoms with van der Waals surface area (Å²) < 4.78 is 1.05. The fourth-order valence-corrected chi connectivity index (χ4v) is 2.97. The SMILES string of the molecule is O=C1CCCC=C1Sc1ccccc1Br. The number of halogens is 1. The average Bonchev–Trinajstić information content (AvgIpc) is 2.24. The Morgan fingerprint density at radius 2 is 2.07 bits per heavy atom. The van der Waals surface area contributed by atoms with E-state index in [-0.39, 0.29) is 5.78 Å². The van der Waals surface area contributed by atoms with Crippen molar-refractivity contribution in [2.75, 3.05) is 0 Å². The van der Waals surface area contributed by atoms with Crippen molar-refractivity contribution in [3.8, 4) is 0 Å². The van der Waals surface area contributed by atoms with Crippen LogP contribution >= 0.6 is 27.7 Å². The zero-order valence-corrected chi connectivity index (χ0v) is 10.6. The van der Waals surface area contributed by atoms with Crippen molar-refractivity contribution in [1.82, 2.24) is 0 Å². The molecule has 3 heteroatoms. The van der Waals surface area contributed by atoms with Crippen molar-refractivity contribution in [1.29, 1.82) is 0 Å². The fourth-order valence-electron chi connectivity index (χ4n) is 1.48. The molecule has 15 heavy (non-hydrogen) atoms. The van der Waals surface area contributed by atoms with E-state index in [0.717, 1.165) is 27.1 Å². The van der Waals surface area contributed by atoms with E-state index in [0.29, 0.717) is 6.42 Å². The number of thioether (sulfide) groups is 1. The molecule has 0 aromatic heterocycles. The molecule has 1 nitrogen and oxygen atoms in total. The third kappa shape index (κ3) is 2.73. The molecule has 0 spiro atoms. The lowest BCUT2D eigenvalue weighted by Gasteiger charge is -2.11. The van der Waals surface area contributed by atoms with Crippen molar-refractivity contribution in [2.45, 2.75) is 24.2 Å². The highest BCUT2D eigenvalue weighted by Gasteiger charge is 2.15. The zero-order chi connectivity index (χ0) is 10.7. The first-order valence-corrected chi connectivity index (χ1v) is 6.54. The quantitative estimate of drug-likeness (QED) is 0.810. The molecule has 0 N–H and O–H groups in total. The lowest BCUT2D eigenvalue weighted by molar-refractivity contribution is -0.115. The summed E-state index contributed by atoms with van der Waals surface area (Å²) in [5.74, 6) is 0.280. The molecule has 2 rings (SSSR count). The summed E-state index contributed by atoms with van der Waals surface area (Å²) in [5.41, 5.74) is 0. The number of hydrogen-bond donors (Lipinski definition) is 0. The Kier molecular flexibility index (Phi) is 3.65. The molecule has 0 bridgehead atoms. The Morgan fingerprint density at radius 3 is 2.80 bits per heavy atom. The summed E-state index contributed by atoms with van der Waals surface area (Å²) >= 11 is 5.05. The molecule has 0 radical (unpaired) electrons. The largest absolute Gasteiger partial charge is 0.294 e. The van der Waals surface area contributed by atoms with Gasteiger partial charge in [-0.05, 0) is 40.9 Å². The number of rotatable bonds is 2.